The zero-order valence-electron chi connectivity index (χ0n) is 9.59. The lowest BCUT2D eigenvalue weighted by Gasteiger charge is -2.12. The number of halogens is 1. The summed E-state index contributed by atoms with van der Waals surface area (Å²) in [5.41, 5.74) is 0. The molecule has 0 aliphatic heterocycles. The molecule has 0 saturated heterocycles. The molecule has 1 heterocycles. The number of nitrogens with zero attached hydrogens (tertiary/aromatic N) is 2. The average Bonchev–Trinajstić information content (AvgIpc) is 2.63. The molecule has 1 aromatic carbocycles. The average molecular weight is 253 g/mol. The number of phenols is 1. The van der Waals surface area contributed by atoms with Crippen molar-refractivity contribution in [1.29, 1.82) is 0 Å². The Hall–Kier alpha value is -1.68. The van der Waals surface area contributed by atoms with Crippen molar-refractivity contribution >= 4 is 11.6 Å². The molecule has 0 fully saturated rings. The van der Waals surface area contributed by atoms with Crippen LogP contribution in [-0.4, -0.2) is 14.7 Å². The number of hydrogen-bond acceptors (Lipinski definition) is 3. The van der Waals surface area contributed by atoms with Crippen LogP contribution in [0.1, 0.15) is 19.9 Å². The minimum Gasteiger partial charge on any atom is -0.508 e. The second-order valence-corrected chi connectivity index (χ2v) is 4.31. The third kappa shape index (κ3) is 2.53. The fraction of sp³-hybridized carbons (Fsp3) is 0.250. The van der Waals surface area contributed by atoms with E-state index in [1.165, 1.54) is 0 Å². The van der Waals surface area contributed by atoms with Crippen molar-refractivity contribution in [3.8, 4) is 17.5 Å². The van der Waals surface area contributed by atoms with Crippen LogP contribution < -0.4 is 4.74 Å². The van der Waals surface area contributed by atoms with E-state index in [1.807, 2.05) is 13.8 Å². The SMILES string of the molecule is CC(C)n1c(Cl)cnc1Oc1ccc(O)cc1. The fourth-order valence-electron chi connectivity index (χ4n) is 1.49. The van der Waals surface area contributed by atoms with Crippen LogP contribution in [0.2, 0.25) is 5.15 Å². The first-order chi connectivity index (χ1) is 8.08. The molecule has 0 bridgehead atoms. The number of benzene rings is 1. The van der Waals surface area contributed by atoms with Gasteiger partial charge < -0.3 is 9.84 Å². The van der Waals surface area contributed by atoms with Gasteiger partial charge in [0.2, 0.25) is 0 Å². The molecule has 5 heteroatoms. The zero-order valence-corrected chi connectivity index (χ0v) is 10.3. The van der Waals surface area contributed by atoms with Crippen LogP contribution in [0.25, 0.3) is 0 Å². The molecule has 4 nitrogen and oxygen atoms in total. The third-order valence-electron chi connectivity index (χ3n) is 2.28. The van der Waals surface area contributed by atoms with Gasteiger partial charge >= 0.3 is 6.01 Å². The van der Waals surface area contributed by atoms with Crippen LogP contribution in [0.15, 0.2) is 30.5 Å². The van der Waals surface area contributed by atoms with Gasteiger partial charge in [-0.25, -0.2) is 4.98 Å². The van der Waals surface area contributed by atoms with Gasteiger partial charge in [0.1, 0.15) is 16.7 Å². The Labute approximate surface area is 104 Å². The molecule has 0 saturated carbocycles. The minimum absolute atomic E-state index is 0.164. The first-order valence-electron chi connectivity index (χ1n) is 5.27. The van der Waals surface area contributed by atoms with E-state index in [1.54, 1.807) is 35.0 Å². The van der Waals surface area contributed by atoms with Crippen molar-refractivity contribution in [1.82, 2.24) is 9.55 Å². The predicted molar refractivity (Wildman–Crippen MR) is 65.8 cm³/mol. The number of hydrogen-bond donors (Lipinski definition) is 1. The van der Waals surface area contributed by atoms with Crippen molar-refractivity contribution in [2.24, 2.45) is 0 Å². The highest BCUT2D eigenvalue weighted by atomic mass is 35.5. The van der Waals surface area contributed by atoms with Crippen LogP contribution in [0.4, 0.5) is 0 Å². The van der Waals surface area contributed by atoms with Gasteiger partial charge in [-0.05, 0) is 38.1 Å². The van der Waals surface area contributed by atoms with Gasteiger partial charge in [0.05, 0.1) is 6.20 Å². The molecule has 0 radical (unpaired) electrons. The molecule has 2 rings (SSSR count). The lowest BCUT2D eigenvalue weighted by atomic mass is 10.3. The molecule has 17 heavy (non-hydrogen) atoms. The van der Waals surface area contributed by atoms with E-state index in [2.05, 4.69) is 4.98 Å². The normalized spacial score (nSPS) is 10.8. The number of rotatable bonds is 3. The Morgan fingerprint density at radius 2 is 1.94 bits per heavy atom. The molecule has 1 aromatic heterocycles. The fourth-order valence-corrected chi connectivity index (χ4v) is 1.80. The predicted octanol–water partition coefficient (Wildman–Crippen LogP) is 3.62. The zero-order chi connectivity index (χ0) is 12.4. The summed E-state index contributed by atoms with van der Waals surface area (Å²) in [4.78, 5) is 4.10. The number of aromatic hydroxyl groups is 1. The summed E-state index contributed by atoms with van der Waals surface area (Å²) < 4.78 is 7.39. The van der Waals surface area contributed by atoms with Crippen molar-refractivity contribution in [3.05, 3.63) is 35.6 Å². The summed E-state index contributed by atoms with van der Waals surface area (Å²) in [5.74, 6) is 0.801. The summed E-state index contributed by atoms with van der Waals surface area (Å²) >= 11 is 6.01. The van der Waals surface area contributed by atoms with E-state index in [0.29, 0.717) is 16.9 Å². The van der Waals surface area contributed by atoms with E-state index in [0.717, 1.165) is 0 Å². The summed E-state index contributed by atoms with van der Waals surface area (Å²) in [5, 5.41) is 9.71. The van der Waals surface area contributed by atoms with Crippen LogP contribution in [0.5, 0.6) is 17.5 Å². The van der Waals surface area contributed by atoms with Crippen molar-refractivity contribution < 1.29 is 9.84 Å². The first-order valence-corrected chi connectivity index (χ1v) is 5.65. The molecule has 90 valence electrons. The maximum absolute atomic E-state index is 9.17. The summed E-state index contributed by atoms with van der Waals surface area (Å²) in [6, 6.07) is 7.05. The maximum atomic E-state index is 9.17. The van der Waals surface area contributed by atoms with Gasteiger partial charge in [0.25, 0.3) is 0 Å². The van der Waals surface area contributed by atoms with Crippen molar-refractivity contribution in [2.45, 2.75) is 19.9 Å². The second-order valence-electron chi connectivity index (χ2n) is 3.92. The van der Waals surface area contributed by atoms with Gasteiger partial charge in [-0.2, -0.15) is 0 Å². The number of aromatic nitrogens is 2. The largest absolute Gasteiger partial charge is 0.508 e. The van der Waals surface area contributed by atoms with E-state index in [-0.39, 0.29) is 11.8 Å². The van der Waals surface area contributed by atoms with E-state index in [9.17, 15) is 5.11 Å². The number of imidazole rings is 1. The third-order valence-corrected chi connectivity index (χ3v) is 2.56. The smallest absolute Gasteiger partial charge is 0.303 e. The highest BCUT2D eigenvalue weighted by molar-refractivity contribution is 6.29. The Balaban J connectivity index is 2.27. The Kier molecular flexibility index (Phi) is 3.24. The first kappa shape index (κ1) is 11.8. The van der Waals surface area contributed by atoms with Crippen molar-refractivity contribution in [2.75, 3.05) is 0 Å². The molecule has 0 unspecified atom stereocenters. The van der Waals surface area contributed by atoms with E-state index >= 15 is 0 Å². The molecular formula is C12H13ClN2O2. The molecule has 0 aliphatic rings. The molecule has 0 spiro atoms. The van der Waals surface area contributed by atoms with Crippen LogP contribution in [0, 0.1) is 0 Å². The molecule has 0 aliphatic carbocycles. The Morgan fingerprint density at radius 1 is 1.29 bits per heavy atom. The molecule has 0 amide bonds. The van der Waals surface area contributed by atoms with E-state index < -0.39 is 0 Å². The molecule has 0 atom stereocenters. The number of ether oxygens (including phenoxy) is 1. The van der Waals surface area contributed by atoms with Gasteiger partial charge in [0, 0.05) is 6.04 Å². The maximum Gasteiger partial charge on any atom is 0.303 e. The van der Waals surface area contributed by atoms with Crippen LogP contribution in [-0.2, 0) is 0 Å². The van der Waals surface area contributed by atoms with Gasteiger partial charge in [-0.15, -0.1) is 0 Å². The molecule has 1 N–H and O–H groups in total. The Morgan fingerprint density at radius 3 is 2.53 bits per heavy atom. The van der Waals surface area contributed by atoms with Crippen LogP contribution >= 0.6 is 11.6 Å². The standard InChI is InChI=1S/C12H13ClN2O2/c1-8(2)15-11(13)7-14-12(15)17-10-5-3-9(16)4-6-10/h3-8,16H,1-2H3. The second kappa shape index (κ2) is 4.67. The van der Waals surface area contributed by atoms with Gasteiger partial charge in [-0.3, -0.25) is 4.57 Å². The summed E-state index contributed by atoms with van der Waals surface area (Å²) in [6.07, 6.45) is 1.55. The van der Waals surface area contributed by atoms with Gasteiger partial charge in [-0.1, -0.05) is 11.6 Å². The van der Waals surface area contributed by atoms with Gasteiger partial charge in [0.15, 0.2) is 0 Å². The molecular weight excluding hydrogens is 240 g/mol. The highest BCUT2D eigenvalue weighted by Crippen LogP contribution is 2.28. The monoisotopic (exact) mass is 252 g/mol. The Bertz CT molecular complexity index is 506. The van der Waals surface area contributed by atoms with Crippen molar-refractivity contribution in [3.63, 3.8) is 0 Å². The topological polar surface area (TPSA) is 47.3 Å². The van der Waals surface area contributed by atoms with E-state index in [4.69, 9.17) is 16.3 Å². The quantitative estimate of drug-likeness (QED) is 0.908. The minimum atomic E-state index is 0.164. The number of phenolic OH excluding ortho intramolecular Hbond substituents is 1. The summed E-state index contributed by atoms with van der Waals surface area (Å²) in [7, 11) is 0. The highest BCUT2D eigenvalue weighted by Gasteiger charge is 2.13. The molecule has 2 aromatic rings. The lowest BCUT2D eigenvalue weighted by Crippen LogP contribution is -2.03. The van der Waals surface area contributed by atoms with Crippen LogP contribution in [0.3, 0.4) is 0 Å². The summed E-state index contributed by atoms with van der Waals surface area (Å²) in [6.45, 7) is 3.99. The lowest BCUT2D eigenvalue weighted by molar-refractivity contribution is 0.394.